The first-order valence-corrected chi connectivity index (χ1v) is 5.78. The molecule has 3 aromatic carbocycles. The van der Waals surface area contributed by atoms with E-state index in [1.165, 1.54) is 0 Å². The minimum absolute atomic E-state index is 0.144. The topological polar surface area (TPSA) is 29.5 Å². The van der Waals surface area contributed by atoms with Crippen LogP contribution >= 0.6 is 0 Å². The highest BCUT2D eigenvalue weighted by molar-refractivity contribution is 5.88. The summed E-state index contributed by atoms with van der Waals surface area (Å²) in [7, 11) is 0. The number of phenols is 1. The van der Waals surface area contributed by atoms with Gasteiger partial charge in [-0.05, 0) is 23.6 Å². The van der Waals surface area contributed by atoms with Crippen molar-refractivity contribution in [2.24, 2.45) is 0 Å². The summed E-state index contributed by atoms with van der Waals surface area (Å²) >= 11 is 0. The zero-order chi connectivity index (χ0) is 12.4. The average molecular weight is 236 g/mol. The van der Waals surface area contributed by atoms with E-state index in [-0.39, 0.29) is 5.75 Å². The Balaban J connectivity index is 2.08. The summed E-state index contributed by atoms with van der Waals surface area (Å²) in [6.07, 6.45) is 0. The fourth-order valence-electron chi connectivity index (χ4n) is 1.95. The quantitative estimate of drug-likeness (QED) is 0.717. The van der Waals surface area contributed by atoms with Gasteiger partial charge in [-0.25, -0.2) is 0 Å². The number of phenolic OH excluding ortho intramolecular Hbond substituents is 1. The van der Waals surface area contributed by atoms with Crippen LogP contribution in [0.2, 0.25) is 0 Å². The van der Waals surface area contributed by atoms with Gasteiger partial charge in [0.05, 0.1) is 0 Å². The first kappa shape index (κ1) is 10.7. The minimum atomic E-state index is 0.144. The first-order chi connectivity index (χ1) is 8.84. The van der Waals surface area contributed by atoms with E-state index >= 15 is 0 Å². The molecule has 0 unspecified atom stereocenters. The smallest absolute Gasteiger partial charge is 0.169 e. The van der Waals surface area contributed by atoms with Gasteiger partial charge in [-0.15, -0.1) is 0 Å². The van der Waals surface area contributed by atoms with Crippen LogP contribution in [0.15, 0.2) is 66.7 Å². The third kappa shape index (κ3) is 1.89. The highest BCUT2D eigenvalue weighted by atomic mass is 16.5. The molecular formula is C16H12O2. The molecule has 0 atom stereocenters. The molecule has 88 valence electrons. The lowest BCUT2D eigenvalue weighted by atomic mass is 10.1. The number of para-hydroxylation sites is 2. The number of aromatic hydroxyl groups is 1. The van der Waals surface area contributed by atoms with Gasteiger partial charge in [0.15, 0.2) is 11.5 Å². The highest BCUT2D eigenvalue weighted by Gasteiger charge is 2.05. The van der Waals surface area contributed by atoms with Crippen LogP contribution in [0.1, 0.15) is 0 Å². The average Bonchev–Trinajstić information content (AvgIpc) is 2.42. The van der Waals surface area contributed by atoms with Crippen LogP contribution < -0.4 is 4.74 Å². The van der Waals surface area contributed by atoms with Crippen LogP contribution in [0.25, 0.3) is 10.8 Å². The van der Waals surface area contributed by atoms with E-state index in [1.807, 2.05) is 48.5 Å². The standard InChI is InChI=1S/C16H12O2/c17-14-9-3-4-10-16(14)18-15-11-5-7-12-6-1-2-8-13(12)15/h1-11,17H. The van der Waals surface area contributed by atoms with Gasteiger partial charge in [-0.3, -0.25) is 0 Å². The Hall–Kier alpha value is -2.48. The van der Waals surface area contributed by atoms with Gasteiger partial charge in [0.2, 0.25) is 0 Å². The fourth-order valence-corrected chi connectivity index (χ4v) is 1.95. The molecular weight excluding hydrogens is 224 g/mol. The number of hydrogen-bond acceptors (Lipinski definition) is 2. The molecule has 0 amide bonds. The Labute approximate surface area is 105 Å². The second-order valence-electron chi connectivity index (χ2n) is 4.05. The van der Waals surface area contributed by atoms with Crippen molar-refractivity contribution in [2.45, 2.75) is 0 Å². The molecule has 0 spiro atoms. The van der Waals surface area contributed by atoms with Crippen molar-refractivity contribution in [1.29, 1.82) is 0 Å². The molecule has 18 heavy (non-hydrogen) atoms. The maximum Gasteiger partial charge on any atom is 0.169 e. The van der Waals surface area contributed by atoms with Gasteiger partial charge in [0.25, 0.3) is 0 Å². The molecule has 2 nitrogen and oxygen atoms in total. The van der Waals surface area contributed by atoms with E-state index in [1.54, 1.807) is 18.2 Å². The largest absolute Gasteiger partial charge is 0.504 e. The monoisotopic (exact) mass is 236 g/mol. The molecule has 0 aromatic heterocycles. The molecule has 3 aromatic rings. The van der Waals surface area contributed by atoms with Gasteiger partial charge in [0, 0.05) is 5.39 Å². The first-order valence-electron chi connectivity index (χ1n) is 5.78. The van der Waals surface area contributed by atoms with Gasteiger partial charge < -0.3 is 9.84 Å². The lowest BCUT2D eigenvalue weighted by molar-refractivity contribution is 0.413. The molecule has 0 bridgehead atoms. The zero-order valence-corrected chi connectivity index (χ0v) is 9.71. The van der Waals surface area contributed by atoms with E-state index in [0.717, 1.165) is 16.5 Å². The molecule has 0 aliphatic heterocycles. The normalized spacial score (nSPS) is 10.4. The van der Waals surface area contributed by atoms with Crippen LogP contribution in [0, 0.1) is 0 Å². The molecule has 0 fully saturated rings. The fraction of sp³-hybridized carbons (Fsp3) is 0. The number of fused-ring (bicyclic) bond motifs is 1. The second kappa shape index (κ2) is 4.41. The molecule has 0 saturated heterocycles. The van der Waals surface area contributed by atoms with E-state index in [4.69, 9.17) is 4.74 Å². The summed E-state index contributed by atoms with van der Waals surface area (Å²) < 4.78 is 5.77. The molecule has 1 N–H and O–H groups in total. The number of hydrogen-bond donors (Lipinski definition) is 1. The summed E-state index contributed by atoms with van der Waals surface area (Å²) in [6.45, 7) is 0. The van der Waals surface area contributed by atoms with Gasteiger partial charge in [-0.1, -0.05) is 48.5 Å². The SMILES string of the molecule is Oc1ccccc1Oc1cccc2ccccc12. The molecule has 0 heterocycles. The van der Waals surface area contributed by atoms with Crippen molar-refractivity contribution in [3.05, 3.63) is 66.7 Å². The van der Waals surface area contributed by atoms with Gasteiger partial charge in [-0.2, -0.15) is 0 Å². The third-order valence-electron chi connectivity index (χ3n) is 2.83. The van der Waals surface area contributed by atoms with E-state index in [0.29, 0.717) is 5.75 Å². The Bertz CT molecular complexity index is 684. The molecule has 2 heteroatoms. The molecule has 0 aliphatic rings. The summed E-state index contributed by atoms with van der Waals surface area (Å²) in [5, 5.41) is 11.9. The van der Waals surface area contributed by atoms with Crippen molar-refractivity contribution in [3.8, 4) is 17.2 Å². The lowest BCUT2D eigenvalue weighted by Crippen LogP contribution is -1.86. The van der Waals surface area contributed by atoms with Crippen molar-refractivity contribution in [2.75, 3.05) is 0 Å². The van der Waals surface area contributed by atoms with Crippen molar-refractivity contribution in [1.82, 2.24) is 0 Å². The maximum atomic E-state index is 9.72. The number of ether oxygens (including phenoxy) is 1. The minimum Gasteiger partial charge on any atom is -0.504 e. The number of rotatable bonds is 2. The third-order valence-corrected chi connectivity index (χ3v) is 2.83. The van der Waals surface area contributed by atoms with Crippen LogP contribution in [0.3, 0.4) is 0 Å². The summed E-state index contributed by atoms with van der Waals surface area (Å²) in [4.78, 5) is 0. The predicted molar refractivity (Wildman–Crippen MR) is 72.1 cm³/mol. The van der Waals surface area contributed by atoms with E-state index in [2.05, 4.69) is 0 Å². The summed E-state index contributed by atoms with van der Waals surface area (Å²) in [5.41, 5.74) is 0. The number of benzene rings is 3. The highest BCUT2D eigenvalue weighted by Crippen LogP contribution is 2.33. The predicted octanol–water partition coefficient (Wildman–Crippen LogP) is 4.34. The second-order valence-corrected chi connectivity index (χ2v) is 4.05. The van der Waals surface area contributed by atoms with Gasteiger partial charge in [0.1, 0.15) is 5.75 Å². The summed E-state index contributed by atoms with van der Waals surface area (Å²) in [6, 6.07) is 20.8. The van der Waals surface area contributed by atoms with Crippen molar-refractivity contribution < 1.29 is 9.84 Å². The van der Waals surface area contributed by atoms with E-state index in [9.17, 15) is 5.11 Å². The maximum absolute atomic E-state index is 9.72. The van der Waals surface area contributed by atoms with Crippen LogP contribution in [-0.2, 0) is 0 Å². The Morgan fingerprint density at radius 2 is 1.33 bits per heavy atom. The Morgan fingerprint density at radius 3 is 2.22 bits per heavy atom. The van der Waals surface area contributed by atoms with Crippen LogP contribution in [0.5, 0.6) is 17.2 Å². The molecule has 0 radical (unpaired) electrons. The van der Waals surface area contributed by atoms with Crippen LogP contribution in [0.4, 0.5) is 0 Å². The zero-order valence-electron chi connectivity index (χ0n) is 9.71. The van der Waals surface area contributed by atoms with Gasteiger partial charge >= 0.3 is 0 Å². The molecule has 3 rings (SSSR count). The lowest BCUT2D eigenvalue weighted by Gasteiger charge is -2.09. The summed E-state index contributed by atoms with van der Waals surface area (Å²) in [5.74, 6) is 1.36. The Kier molecular flexibility index (Phi) is 2.61. The van der Waals surface area contributed by atoms with Crippen molar-refractivity contribution in [3.63, 3.8) is 0 Å². The van der Waals surface area contributed by atoms with E-state index < -0.39 is 0 Å². The molecule has 0 aliphatic carbocycles. The Morgan fingerprint density at radius 1 is 0.667 bits per heavy atom. The van der Waals surface area contributed by atoms with Crippen LogP contribution in [-0.4, -0.2) is 5.11 Å². The van der Waals surface area contributed by atoms with Crippen molar-refractivity contribution >= 4 is 10.8 Å². The molecule has 0 saturated carbocycles.